The minimum Gasteiger partial charge on any atom is -0.390 e. The van der Waals surface area contributed by atoms with E-state index < -0.39 is 23.3 Å². The molecule has 0 aliphatic heterocycles. The zero-order valence-electron chi connectivity index (χ0n) is 23.3. The van der Waals surface area contributed by atoms with Crippen molar-refractivity contribution in [1.82, 2.24) is 0 Å². The number of aliphatic hydroxyl groups is 2. The topological polar surface area (TPSA) is 40.5 Å². The van der Waals surface area contributed by atoms with Crippen molar-refractivity contribution in [1.29, 1.82) is 0 Å². The Bertz CT molecular complexity index is 817. The molecule has 1 unspecified atom stereocenters. The Balaban J connectivity index is 1.25. The molecule has 5 aliphatic carbocycles. The van der Waals surface area contributed by atoms with E-state index >= 15 is 0 Å². The van der Waals surface area contributed by atoms with Crippen molar-refractivity contribution in [3.63, 3.8) is 0 Å². The second kappa shape index (κ2) is 8.86. The zero-order chi connectivity index (χ0) is 26.3. The third-order valence-electron chi connectivity index (χ3n) is 13.4. The molecule has 0 bridgehead atoms. The third kappa shape index (κ3) is 4.02. The average molecular weight is 513 g/mol. The van der Waals surface area contributed by atoms with Crippen molar-refractivity contribution in [3.05, 3.63) is 0 Å². The van der Waals surface area contributed by atoms with Crippen molar-refractivity contribution in [3.8, 4) is 0 Å². The zero-order valence-corrected chi connectivity index (χ0v) is 23.3. The van der Waals surface area contributed by atoms with Gasteiger partial charge >= 0.3 is 6.18 Å². The minimum absolute atomic E-state index is 0.122. The first kappa shape index (κ1) is 27.3. The van der Waals surface area contributed by atoms with Crippen LogP contribution in [-0.4, -0.2) is 27.6 Å². The van der Waals surface area contributed by atoms with E-state index in [9.17, 15) is 23.4 Å². The van der Waals surface area contributed by atoms with E-state index in [1.165, 1.54) is 6.42 Å². The summed E-state index contributed by atoms with van der Waals surface area (Å²) >= 11 is 0. The van der Waals surface area contributed by atoms with E-state index in [0.717, 1.165) is 63.7 Å². The van der Waals surface area contributed by atoms with Gasteiger partial charge in [-0.05, 0) is 136 Å². The number of halogens is 3. The molecule has 0 aromatic rings. The molecule has 208 valence electrons. The van der Waals surface area contributed by atoms with Crippen LogP contribution in [0.5, 0.6) is 0 Å². The van der Waals surface area contributed by atoms with Gasteiger partial charge in [0.15, 0.2) is 5.60 Å². The molecular weight excluding hydrogens is 461 g/mol. The molecular formula is C31H51F3O2. The summed E-state index contributed by atoms with van der Waals surface area (Å²) in [7, 11) is 0. The van der Waals surface area contributed by atoms with Gasteiger partial charge in [-0.1, -0.05) is 34.6 Å². The number of hydrogen-bond acceptors (Lipinski definition) is 2. The molecule has 5 aliphatic rings. The largest absolute Gasteiger partial charge is 0.417 e. The first-order valence-electron chi connectivity index (χ1n) is 15.2. The van der Waals surface area contributed by atoms with E-state index in [-0.39, 0.29) is 17.3 Å². The molecule has 0 aromatic heterocycles. The van der Waals surface area contributed by atoms with Crippen LogP contribution in [0.4, 0.5) is 13.2 Å². The molecule has 5 fully saturated rings. The van der Waals surface area contributed by atoms with Crippen LogP contribution in [0.1, 0.15) is 118 Å². The molecule has 5 rings (SSSR count). The van der Waals surface area contributed by atoms with Crippen molar-refractivity contribution in [2.24, 2.45) is 58.2 Å². The molecule has 36 heavy (non-hydrogen) atoms. The van der Waals surface area contributed by atoms with Crippen LogP contribution < -0.4 is 0 Å². The summed E-state index contributed by atoms with van der Waals surface area (Å²) in [5, 5.41) is 22.2. The molecule has 0 saturated heterocycles. The minimum atomic E-state index is -4.53. The van der Waals surface area contributed by atoms with E-state index in [1.54, 1.807) is 0 Å². The van der Waals surface area contributed by atoms with Gasteiger partial charge in [0, 0.05) is 5.92 Å². The Morgan fingerprint density at radius 1 is 0.806 bits per heavy atom. The number of rotatable bonds is 5. The molecule has 0 radical (unpaired) electrons. The highest BCUT2D eigenvalue weighted by Crippen LogP contribution is 2.73. The Labute approximate surface area is 217 Å². The second-order valence-electron chi connectivity index (χ2n) is 15.1. The third-order valence-corrected chi connectivity index (χ3v) is 13.4. The average Bonchev–Trinajstić information content (AvgIpc) is 3.39. The lowest BCUT2D eigenvalue weighted by molar-refractivity contribution is -0.276. The molecule has 0 heterocycles. The highest BCUT2D eigenvalue weighted by molar-refractivity contribution is 5.18. The van der Waals surface area contributed by atoms with Crippen molar-refractivity contribution in [2.75, 3.05) is 0 Å². The predicted octanol–water partition coefficient (Wildman–Crippen LogP) is 8.15. The molecule has 0 spiro atoms. The first-order chi connectivity index (χ1) is 16.6. The fraction of sp³-hybridized carbons (Fsp3) is 1.00. The van der Waals surface area contributed by atoms with Gasteiger partial charge in [-0.15, -0.1) is 0 Å². The fourth-order valence-corrected chi connectivity index (χ4v) is 11.1. The highest BCUT2D eigenvalue weighted by Gasteiger charge is 2.73. The Morgan fingerprint density at radius 2 is 1.44 bits per heavy atom. The van der Waals surface area contributed by atoms with Crippen LogP contribution >= 0.6 is 0 Å². The molecule has 2 nitrogen and oxygen atoms in total. The van der Waals surface area contributed by atoms with Crippen LogP contribution in [0, 0.1) is 58.2 Å². The van der Waals surface area contributed by atoms with E-state index in [2.05, 4.69) is 34.6 Å². The summed E-state index contributed by atoms with van der Waals surface area (Å²) in [5.41, 5.74) is -3.19. The smallest absolute Gasteiger partial charge is 0.390 e. The maximum Gasteiger partial charge on any atom is 0.417 e. The lowest BCUT2D eigenvalue weighted by Crippen LogP contribution is -2.50. The number of alkyl halides is 3. The quantitative estimate of drug-likeness (QED) is 0.390. The van der Waals surface area contributed by atoms with Gasteiger partial charge < -0.3 is 10.2 Å². The van der Waals surface area contributed by atoms with Gasteiger partial charge in [-0.2, -0.15) is 13.2 Å². The maximum atomic E-state index is 14.0. The summed E-state index contributed by atoms with van der Waals surface area (Å²) < 4.78 is 42.0. The molecule has 5 heteroatoms. The molecule has 2 N–H and O–H groups in total. The van der Waals surface area contributed by atoms with Crippen molar-refractivity contribution < 1.29 is 23.4 Å². The van der Waals surface area contributed by atoms with Crippen molar-refractivity contribution >= 4 is 0 Å². The Kier molecular flexibility index (Phi) is 6.72. The van der Waals surface area contributed by atoms with Gasteiger partial charge in [0.1, 0.15) is 0 Å². The molecule has 0 aromatic carbocycles. The SMILES string of the molecule is CC(C)C1CCC(O)(CC[C@@H](C)[C@H]2CC[C@H]3[C@@H]4CC5[C@](C)(CC[C@@]5(O)C(F)(F)F)[C@H]4CC[C@]23C)CC1. The van der Waals surface area contributed by atoms with Crippen LogP contribution in [-0.2, 0) is 0 Å². The van der Waals surface area contributed by atoms with E-state index in [1.807, 2.05) is 0 Å². The van der Waals surface area contributed by atoms with Gasteiger partial charge in [-0.25, -0.2) is 0 Å². The summed E-state index contributed by atoms with van der Waals surface area (Å²) in [6.45, 7) is 11.5. The summed E-state index contributed by atoms with van der Waals surface area (Å²) in [5.74, 6) is 3.05. The van der Waals surface area contributed by atoms with Crippen LogP contribution in [0.25, 0.3) is 0 Å². The number of fused-ring (bicyclic) bond motifs is 5. The highest BCUT2D eigenvalue weighted by atomic mass is 19.4. The van der Waals surface area contributed by atoms with Gasteiger partial charge in [-0.3, -0.25) is 0 Å². The molecule has 0 amide bonds. The van der Waals surface area contributed by atoms with Crippen LogP contribution in [0.2, 0.25) is 0 Å². The van der Waals surface area contributed by atoms with Gasteiger partial charge in [0.2, 0.25) is 0 Å². The Hall–Kier alpha value is -0.290. The molecule has 5 saturated carbocycles. The first-order valence-corrected chi connectivity index (χ1v) is 15.2. The van der Waals surface area contributed by atoms with Gasteiger partial charge in [0.05, 0.1) is 5.60 Å². The predicted molar refractivity (Wildman–Crippen MR) is 137 cm³/mol. The van der Waals surface area contributed by atoms with E-state index in [4.69, 9.17) is 0 Å². The maximum absolute atomic E-state index is 14.0. The van der Waals surface area contributed by atoms with Crippen LogP contribution in [0.15, 0.2) is 0 Å². The van der Waals surface area contributed by atoms with Gasteiger partial charge in [0.25, 0.3) is 0 Å². The van der Waals surface area contributed by atoms with Crippen molar-refractivity contribution in [2.45, 2.75) is 135 Å². The summed E-state index contributed by atoms with van der Waals surface area (Å²) in [6.07, 6.45) is 6.91. The Morgan fingerprint density at radius 3 is 2.06 bits per heavy atom. The lowest BCUT2D eigenvalue weighted by atomic mass is 9.54. The number of hydrogen-bond donors (Lipinski definition) is 2. The lowest BCUT2D eigenvalue weighted by Gasteiger charge is -2.51. The van der Waals surface area contributed by atoms with E-state index in [0.29, 0.717) is 48.3 Å². The summed E-state index contributed by atoms with van der Waals surface area (Å²) in [4.78, 5) is 0. The monoisotopic (exact) mass is 512 g/mol. The summed E-state index contributed by atoms with van der Waals surface area (Å²) in [6, 6.07) is 0. The molecule has 9 atom stereocenters. The second-order valence-corrected chi connectivity index (χ2v) is 15.1. The normalized spacial score (nSPS) is 51.8. The standard InChI is InChI=1S/C31H51F3O2/c1-19(2)21-9-14-29(35,15-10-21)13-8-20(3)23-6-7-24-22-18-26-28(5,25(22)11-12-27(23,24)4)16-17-30(26,36)31(32,33)34/h19-26,35-36H,6-18H2,1-5H3/t20-,21?,22+,23-,24+,25+,26?,27-,28-,29?,30+/m1/s1. The van der Waals surface area contributed by atoms with Crippen LogP contribution in [0.3, 0.4) is 0 Å². The fourth-order valence-electron chi connectivity index (χ4n) is 11.1.